The van der Waals surface area contributed by atoms with E-state index in [2.05, 4.69) is 0 Å². The van der Waals surface area contributed by atoms with Crippen molar-refractivity contribution in [1.82, 2.24) is 0 Å². The van der Waals surface area contributed by atoms with E-state index in [9.17, 15) is 19.7 Å². The largest absolute Gasteiger partial charge is 0.468 e. The Morgan fingerprint density at radius 3 is 2.70 bits per heavy atom. The summed E-state index contributed by atoms with van der Waals surface area (Å²) in [4.78, 5) is 33.9. The lowest BCUT2D eigenvalue weighted by Crippen LogP contribution is -2.32. The van der Waals surface area contributed by atoms with Gasteiger partial charge in [0.05, 0.1) is 17.4 Å². The summed E-state index contributed by atoms with van der Waals surface area (Å²) in [6.07, 6.45) is 2.86. The highest BCUT2D eigenvalue weighted by Gasteiger charge is 2.43. The predicted molar refractivity (Wildman–Crippen MR) is 70.0 cm³/mol. The molecule has 0 spiro atoms. The van der Waals surface area contributed by atoms with E-state index in [4.69, 9.17) is 4.74 Å². The number of carbonyl (C=O) groups is 2. The van der Waals surface area contributed by atoms with Crippen LogP contribution in [0.1, 0.15) is 12.0 Å². The molecular formula is C14H13NO5. The molecular weight excluding hydrogens is 262 g/mol. The third-order valence-corrected chi connectivity index (χ3v) is 3.36. The van der Waals surface area contributed by atoms with Crippen molar-refractivity contribution in [2.45, 2.75) is 12.8 Å². The van der Waals surface area contributed by atoms with Crippen molar-refractivity contribution in [3.8, 4) is 0 Å². The first kappa shape index (κ1) is 13.9. The number of nitrogens with zero attached hydrogens (tertiary/aromatic N) is 1. The first-order valence-corrected chi connectivity index (χ1v) is 6.01. The van der Waals surface area contributed by atoms with Gasteiger partial charge >= 0.3 is 5.97 Å². The molecule has 0 aromatic heterocycles. The number of hydrogen-bond acceptors (Lipinski definition) is 5. The van der Waals surface area contributed by atoms with Crippen molar-refractivity contribution in [1.29, 1.82) is 0 Å². The zero-order valence-corrected chi connectivity index (χ0v) is 10.9. The normalized spacial score (nSPS) is 20.9. The van der Waals surface area contributed by atoms with Gasteiger partial charge in [0.15, 0.2) is 5.78 Å². The fraction of sp³-hybridized carbons (Fsp3) is 0.286. The van der Waals surface area contributed by atoms with Gasteiger partial charge in [-0.25, -0.2) is 0 Å². The molecule has 0 aliphatic heterocycles. The van der Waals surface area contributed by atoms with E-state index in [1.165, 1.54) is 25.3 Å². The van der Waals surface area contributed by atoms with Gasteiger partial charge in [0.1, 0.15) is 0 Å². The fourth-order valence-electron chi connectivity index (χ4n) is 2.40. The molecule has 0 N–H and O–H groups in total. The summed E-state index contributed by atoms with van der Waals surface area (Å²) in [7, 11) is 1.24. The lowest BCUT2D eigenvalue weighted by Gasteiger charge is -2.23. The Morgan fingerprint density at radius 1 is 1.45 bits per heavy atom. The Labute approximate surface area is 115 Å². The van der Waals surface area contributed by atoms with Gasteiger partial charge in [-0.1, -0.05) is 24.3 Å². The molecule has 1 aromatic carbocycles. The van der Waals surface area contributed by atoms with Gasteiger partial charge in [0.25, 0.3) is 5.69 Å². The van der Waals surface area contributed by atoms with Crippen molar-refractivity contribution in [2.75, 3.05) is 7.11 Å². The predicted octanol–water partition coefficient (Wildman–Crippen LogP) is 1.83. The van der Waals surface area contributed by atoms with E-state index in [1.54, 1.807) is 18.2 Å². The van der Waals surface area contributed by atoms with Gasteiger partial charge in [-0.2, -0.15) is 0 Å². The highest BCUT2D eigenvalue weighted by atomic mass is 16.6. The number of nitro groups is 1. The molecule has 0 fully saturated rings. The monoisotopic (exact) mass is 275 g/mol. The van der Waals surface area contributed by atoms with E-state index in [0.29, 0.717) is 5.56 Å². The molecule has 0 bridgehead atoms. The molecule has 1 aromatic rings. The summed E-state index contributed by atoms with van der Waals surface area (Å²) < 4.78 is 4.75. The van der Waals surface area contributed by atoms with Crippen molar-refractivity contribution in [2.24, 2.45) is 5.41 Å². The van der Waals surface area contributed by atoms with Crippen LogP contribution in [0.5, 0.6) is 0 Å². The SMILES string of the molecule is COC(=O)[C@@]1(Cc2ccccc2[N+](=O)[O-])C=CC(=O)C1. The summed E-state index contributed by atoms with van der Waals surface area (Å²) >= 11 is 0. The van der Waals surface area contributed by atoms with Crippen LogP contribution in [0.4, 0.5) is 5.69 Å². The summed E-state index contributed by atoms with van der Waals surface area (Å²) in [5, 5.41) is 11.0. The number of ketones is 1. The molecule has 0 radical (unpaired) electrons. The van der Waals surface area contributed by atoms with Crippen molar-refractivity contribution < 1.29 is 19.2 Å². The first-order valence-electron chi connectivity index (χ1n) is 6.01. The van der Waals surface area contributed by atoms with E-state index in [1.807, 2.05) is 0 Å². The summed E-state index contributed by atoms with van der Waals surface area (Å²) in [6, 6.07) is 6.18. The second kappa shape index (κ2) is 5.24. The average molecular weight is 275 g/mol. The number of methoxy groups -OCH3 is 1. The molecule has 1 atom stereocenters. The van der Waals surface area contributed by atoms with Crippen LogP contribution in [0.25, 0.3) is 0 Å². The minimum atomic E-state index is -1.14. The van der Waals surface area contributed by atoms with Gasteiger partial charge in [0.2, 0.25) is 0 Å². The number of nitro benzene ring substituents is 1. The van der Waals surface area contributed by atoms with Gasteiger partial charge in [-0.15, -0.1) is 0 Å². The zero-order chi connectivity index (χ0) is 14.8. The number of benzene rings is 1. The fourth-order valence-corrected chi connectivity index (χ4v) is 2.40. The average Bonchev–Trinajstić information content (AvgIpc) is 2.80. The third-order valence-electron chi connectivity index (χ3n) is 3.36. The maximum Gasteiger partial charge on any atom is 0.316 e. The van der Waals surface area contributed by atoms with Crippen LogP contribution in [0.3, 0.4) is 0 Å². The Bertz CT molecular complexity index is 607. The van der Waals surface area contributed by atoms with Crippen molar-refractivity contribution in [3.05, 3.63) is 52.1 Å². The molecule has 0 unspecified atom stereocenters. The maximum absolute atomic E-state index is 12.0. The molecule has 0 heterocycles. The number of carbonyl (C=O) groups excluding carboxylic acids is 2. The summed E-state index contributed by atoms with van der Waals surface area (Å²) in [5.41, 5.74) is -0.802. The quantitative estimate of drug-likeness (QED) is 0.475. The van der Waals surface area contributed by atoms with Crippen molar-refractivity contribution in [3.63, 3.8) is 0 Å². The Hall–Kier alpha value is -2.50. The van der Waals surface area contributed by atoms with Gasteiger partial charge in [-0.3, -0.25) is 19.7 Å². The van der Waals surface area contributed by atoms with E-state index >= 15 is 0 Å². The molecule has 0 saturated heterocycles. The highest BCUT2D eigenvalue weighted by molar-refractivity contribution is 5.99. The van der Waals surface area contributed by atoms with Crippen LogP contribution in [0.15, 0.2) is 36.4 Å². The molecule has 0 amide bonds. The van der Waals surface area contributed by atoms with Crippen LogP contribution in [0, 0.1) is 15.5 Å². The Balaban J connectivity index is 2.40. The topological polar surface area (TPSA) is 86.5 Å². The van der Waals surface area contributed by atoms with Crippen LogP contribution in [0.2, 0.25) is 0 Å². The lowest BCUT2D eigenvalue weighted by atomic mass is 9.80. The van der Waals surface area contributed by atoms with Crippen LogP contribution in [-0.4, -0.2) is 23.8 Å². The number of esters is 1. The summed E-state index contributed by atoms with van der Waals surface area (Å²) in [5.74, 6) is -0.744. The number of hydrogen-bond donors (Lipinski definition) is 0. The second-order valence-corrected chi connectivity index (χ2v) is 4.69. The van der Waals surface area contributed by atoms with Crippen molar-refractivity contribution >= 4 is 17.4 Å². The molecule has 20 heavy (non-hydrogen) atoms. The molecule has 6 nitrogen and oxygen atoms in total. The second-order valence-electron chi connectivity index (χ2n) is 4.69. The molecule has 1 aliphatic rings. The minimum Gasteiger partial charge on any atom is -0.468 e. The third kappa shape index (κ3) is 2.45. The lowest BCUT2D eigenvalue weighted by molar-refractivity contribution is -0.385. The number of para-hydroxylation sites is 1. The van der Waals surface area contributed by atoms with E-state index < -0.39 is 16.3 Å². The standard InChI is InChI=1S/C14H13NO5/c1-20-13(17)14(7-6-11(16)9-14)8-10-4-2-3-5-12(10)15(18)19/h2-7H,8-9H2,1H3/t14-/m1/s1. The molecule has 6 heteroatoms. The Morgan fingerprint density at radius 2 is 2.15 bits per heavy atom. The van der Waals surface area contributed by atoms with E-state index in [-0.39, 0.29) is 24.3 Å². The van der Waals surface area contributed by atoms with E-state index in [0.717, 1.165) is 0 Å². The van der Waals surface area contributed by atoms with Gasteiger partial charge in [0, 0.05) is 18.1 Å². The number of ether oxygens (including phenoxy) is 1. The molecule has 2 rings (SSSR count). The van der Waals surface area contributed by atoms with Gasteiger partial charge < -0.3 is 4.74 Å². The molecule has 0 saturated carbocycles. The molecule has 1 aliphatic carbocycles. The van der Waals surface area contributed by atoms with Crippen LogP contribution < -0.4 is 0 Å². The number of rotatable bonds is 4. The van der Waals surface area contributed by atoms with Gasteiger partial charge in [-0.05, 0) is 12.5 Å². The zero-order valence-electron chi connectivity index (χ0n) is 10.9. The van der Waals surface area contributed by atoms with Crippen LogP contribution >= 0.6 is 0 Å². The Kier molecular flexibility index (Phi) is 3.65. The minimum absolute atomic E-state index is 0.0221. The highest BCUT2D eigenvalue weighted by Crippen LogP contribution is 2.37. The first-order chi connectivity index (χ1) is 9.48. The summed E-state index contributed by atoms with van der Waals surface area (Å²) in [6.45, 7) is 0. The maximum atomic E-state index is 12.0. The smallest absolute Gasteiger partial charge is 0.316 e. The number of allylic oxidation sites excluding steroid dienone is 1. The molecule has 104 valence electrons. The van der Waals surface area contributed by atoms with Crippen LogP contribution in [-0.2, 0) is 20.7 Å².